The molecule has 1 saturated heterocycles. The molecule has 1 N–H and O–H groups in total. The number of nitrogens with one attached hydrogen (secondary N) is 1. The molecule has 4 atom stereocenters. The average molecular weight is 355 g/mol. The number of amides is 2. The number of carbonyl (C=O) groups excluding carboxylic acids is 2. The molecule has 2 bridgehead atoms. The van der Waals surface area contributed by atoms with Crippen molar-refractivity contribution >= 4 is 17.4 Å². The second-order valence-corrected chi connectivity index (χ2v) is 7.90. The van der Waals surface area contributed by atoms with Crippen LogP contribution in [-0.2, 0) is 9.59 Å². The Balaban J connectivity index is 1.74. The normalized spacial score (nSPS) is 27.9. The summed E-state index contributed by atoms with van der Waals surface area (Å²) in [7, 11) is 0. The average Bonchev–Trinajstić information content (AvgIpc) is 3.30. The first-order valence-electron chi connectivity index (χ1n) is 9.46. The maximum Gasteiger partial charge on any atom is 0.231 e. The van der Waals surface area contributed by atoms with Gasteiger partial charge in [0.1, 0.15) is 0 Å². The Morgan fingerprint density at radius 3 is 1.52 bits per heavy atom. The minimum absolute atomic E-state index is 0.00376. The van der Waals surface area contributed by atoms with E-state index in [1.54, 1.807) is 0 Å². The maximum absolute atomic E-state index is 12.4. The third-order valence-electron chi connectivity index (χ3n) is 6.23. The fourth-order valence-electron chi connectivity index (χ4n) is 4.96. The predicted octanol–water partition coefficient (Wildman–Crippen LogP) is 3.81. The second-order valence-electron chi connectivity index (χ2n) is 7.90. The molecule has 2 aliphatic carbocycles. The van der Waals surface area contributed by atoms with Crippen LogP contribution < -0.4 is 5.32 Å². The fraction of sp³-hybridized carbons (Fsp3) is 0.250. The van der Waals surface area contributed by atoms with Crippen molar-refractivity contribution in [2.75, 3.05) is 0 Å². The standard InChI is InChI=1S/C24H21NO2/c1-13-3-7-15(8-4-13)19(16-9-5-14(2)6-10-16)20-17-11-12-18(20)22-21(17)23(26)25-24(22)27/h3-12,17-18,21-22H,1-2H3,(H,25,26,27)/t17-,18-,21-,22+/m1/s1. The van der Waals surface area contributed by atoms with Crippen molar-refractivity contribution in [3.05, 3.63) is 88.5 Å². The summed E-state index contributed by atoms with van der Waals surface area (Å²) in [4.78, 5) is 24.8. The van der Waals surface area contributed by atoms with Crippen LogP contribution in [0.1, 0.15) is 22.3 Å². The van der Waals surface area contributed by atoms with Crippen molar-refractivity contribution < 1.29 is 9.59 Å². The third-order valence-corrected chi connectivity index (χ3v) is 6.23. The highest BCUT2D eigenvalue weighted by Crippen LogP contribution is 2.56. The van der Waals surface area contributed by atoms with Gasteiger partial charge in [0, 0.05) is 11.8 Å². The zero-order chi connectivity index (χ0) is 18.7. The van der Waals surface area contributed by atoms with Crippen LogP contribution in [0.25, 0.3) is 5.57 Å². The second kappa shape index (κ2) is 5.78. The quantitative estimate of drug-likeness (QED) is 0.658. The monoisotopic (exact) mass is 355 g/mol. The molecule has 27 heavy (non-hydrogen) atoms. The molecular weight excluding hydrogens is 334 g/mol. The molecule has 0 radical (unpaired) electrons. The van der Waals surface area contributed by atoms with Crippen molar-refractivity contribution in [2.45, 2.75) is 13.8 Å². The SMILES string of the molecule is Cc1ccc(C(=C2[C@H]3C=C[C@H]2[C@H]2C(=O)NC(=O)[C@H]23)c2ccc(C)cc2)cc1. The molecule has 3 aliphatic rings. The number of imide groups is 1. The van der Waals surface area contributed by atoms with Gasteiger partial charge in [-0.05, 0) is 36.1 Å². The van der Waals surface area contributed by atoms with E-state index < -0.39 is 0 Å². The van der Waals surface area contributed by atoms with Crippen LogP contribution in [0.3, 0.4) is 0 Å². The number of aryl methyl sites for hydroxylation is 2. The van der Waals surface area contributed by atoms with E-state index in [0.29, 0.717) is 0 Å². The van der Waals surface area contributed by atoms with Crippen molar-refractivity contribution in [2.24, 2.45) is 23.7 Å². The van der Waals surface area contributed by atoms with Gasteiger partial charge in [0.2, 0.25) is 11.8 Å². The van der Waals surface area contributed by atoms with E-state index in [2.05, 4.69) is 79.8 Å². The van der Waals surface area contributed by atoms with E-state index in [1.165, 1.54) is 22.3 Å². The first-order valence-corrected chi connectivity index (χ1v) is 9.46. The number of fused-ring (bicyclic) bond motifs is 5. The highest BCUT2D eigenvalue weighted by molar-refractivity contribution is 6.08. The molecule has 1 heterocycles. The molecule has 1 saturated carbocycles. The number of rotatable bonds is 2. The Kier molecular flexibility index (Phi) is 3.48. The van der Waals surface area contributed by atoms with E-state index in [0.717, 1.165) is 11.1 Å². The van der Waals surface area contributed by atoms with Gasteiger partial charge in [0.05, 0.1) is 11.8 Å². The van der Waals surface area contributed by atoms with Crippen molar-refractivity contribution in [3.8, 4) is 0 Å². The van der Waals surface area contributed by atoms with E-state index >= 15 is 0 Å². The van der Waals surface area contributed by atoms with Crippen LogP contribution in [0.15, 0.2) is 66.3 Å². The summed E-state index contributed by atoms with van der Waals surface area (Å²) < 4.78 is 0. The maximum atomic E-state index is 12.4. The van der Waals surface area contributed by atoms with Gasteiger partial charge in [-0.2, -0.15) is 0 Å². The lowest BCUT2D eigenvalue weighted by Crippen LogP contribution is -2.26. The van der Waals surface area contributed by atoms with Crippen LogP contribution in [0.4, 0.5) is 0 Å². The van der Waals surface area contributed by atoms with Gasteiger partial charge in [0.25, 0.3) is 0 Å². The summed E-state index contributed by atoms with van der Waals surface area (Å²) in [6.45, 7) is 4.16. The van der Waals surface area contributed by atoms with Crippen molar-refractivity contribution in [1.29, 1.82) is 0 Å². The third kappa shape index (κ3) is 2.34. The summed E-state index contributed by atoms with van der Waals surface area (Å²) in [5.74, 6) is -0.743. The zero-order valence-corrected chi connectivity index (χ0v) is 15.4. The minimum Gasteiger partial charge on any atom is -0.296 e. The number of allylic oxidation sites excluding steroid dienone is 3. The van der Waals surface area contributed by atoms with Gasteiger partial charge in [-0.25, -0.2) is 0 Å². The molecule has 134 valence electrons. The zero-order valence-electron chi connectivity index (χ0n) is 15.4. The van der Waals surface area contributed by atoms with E-state index in [4.69, 9.17) is 0 Å². The first kappa shape index (κ1) is 16.2. The van der Waals surface area contributed by atoms with Gasteiger partial charge in [-0.15, -0.1) is 0 Å². The Morgan fingerprint density at radius 1 is 0.704 bits per heavy atom. The first-order chi connectivity index (χ1) is 13.0. The molecule has 2 aromatic carbocycles. The topological polar surface area (TPSA) is 46.2 Å². The Morgan fingerprint density at radius 2 is 1.11 bits per heavy atom. The van der Waals surface area contributed by atoms with Crippen molar-refractivity contribution in [1.82, 2.24) is 5.32 Å². The van der Waals surface area contributed by atoms with Crippen LogP contribution in [0.5, 0.6) is 0 Å². The molecule has 3 heteroatoms. The molecule has 5 rings (SSSR count). The van der Waals surface area contributed by atoms with Gasteiger partial charge < -0.3 is 0 Å². The molecular formula is C24H21NO2. The minimum atomic E-state index is -0.256. The predicted molar refractivity (Wildman–Crippen MR) is 105 cm³/mol. The number of carbonyl (C=O) groups is 2. The Labute approximate surface area is 158 Å². The highest BCUT2D eigenvalue weighted by atomic mass is 16.2. The molecule has 0 unspecified atom stereocenters. The number of benzene rings is 2. The molecule has 0 aromatic heterocycles. The molecule has 2 fully saturated rings. The summed E-state index contributed by atoms with van der Waals surface area (Å²) in [5, 5.41) is 2.53. The summed E-state index contributed by atoms with van der Waals surface area (Å²) >= 11 is 0. The van der Waals surface area contributed by atoms with Gasteiger partial charge >= 0.3 is 0 Å². The van der Waals surface area contributed by atoms with E-state index in [1.807, 2.05) is 0 Å². The van der Waals surface area contributed by atoms with Crippen molar-refractivity contribution in [3.63, 3.8) is 0 Å². The van der Waals surface area contributed by atoms with Crippen LogP contribution >= 0.6 is 0 Å². The molecule has 0 spiro atoms. The Bertz CT molecular complexity index is 932. The van der Waals surface area contributed by atoms with Gasteiger partial charge in [-0.3, -0.25) is 14.9 Å². The van der Waals surface area contributed by atoms with Crippen LogP contribution in [-0.4, -0.2) is 11.8 Å². The lowest BCUT2D eigenvalue weighted by Gasteiger charge is -2.18. The molecule has 3 nitrogen and oxygen atoms in total. The lowest BCUT2D eigenvalue weighted by atomic mass is 9.85. The summed E-state index contributed by atoms with van der Waals surface area (Å²) in [6.07, 6.45) is 4.25. The number of hydrogen-bond acceptors (Lipinski definition) is 2. The van der Waals surface area contributed by atoms with Gasteiger partial charge in [-0.1, -0.05) is 71.8 Å². The number of hydrogen-bond donors (Lipinski definition) is 1. The van der Waals surface area contributed by atoms with Crippen LogP contribution in [0, 0.1) is 37.5 Å². The summed E-state index contributed by atoms with van der Waals surface area (Å²) in [5.41, 5.74) is 7.11. The lowest BCUT2D eigenvalue weighted by molar-refractivity contribution is -0.126. The summed E-state index contributed by atoms with van der Waals surface area (Å²) in [6, 6.07) is 17.1. The van der Waals surface area contributed by atoms with E-state index in [9.17, 15) is 9.59 Å². The van der Waals surface area contributed by atoms with Crippen LogP contribution in [0.2, 0.25) is 0 Å². The van der Waals surface area contributed by atoms with Gasteiger partial charge in [0.15, 0.2) is 0 Å². The molecule has 2 aromatic rings. The highest BCUT2D eigenvalue weighted by Gasteiger charge is 2.59. The smallest absolute Gasteiger partial charge is 0.231 e. The fourth-order valence-corrected chi connectivity index (χ4v) is 4.96. The molecule has 1 aliphatic heterocycles. The van der Waals surface area contributed by atoms with E-state index in [-0.39, 0.29) is 35.5 Å². The largest absolute Gasteiger partial charge is 0.296 e. The Hall–Kier alpha value is -2.94. The molecule has 2 amide bonds.